The van der Waals surface area contributed by atoms with Crippen LogP contribution in [0.5, 0.6) is 5.75 Å². The van der Waals surface area contributed by atoms with Crippen molar-refractivity contribution < 1.29 is 17.5 Å². The van der Waals surface area contributed by atoms with E-state index in [2.05, 4.69) is 0 Å². The van der Waals surface area contributed by atoms with E-state index in [0.29, 0.717) is 5.56 Å². The number of rotatable bonds is 2. The van der Waals surface area contributed by atoms with Crippen molar-refractivity contribution >= 4 is 31.3 Å². The summed E-state index contributed by atoms with van der Waals surface area (Å²) < 4.78 is 40.5. The Morgan fingerprint density at radius 1 is 1.47 bits per heavy atom. The monoisotopic (exact) mass is 272 g/mol. The molecule has 0 N–H and O–H groups in total. The number of hydrogen-bond acceptors (Lipinski definition) is 3. The highest BCUT2D eigenvalue weighted by molar-refractivity contribution is 8.13. The van der Waals surface area contributed by atoms with Crippen LogP contribution in [0.25, 0.3) is 0 Å². The van der Waals surface area contributed by atoms with Gasteiger partial charge in [0, 0.05) is 10.7 Å². The number of halogens is 3. The summed E-state index contributed by atoms with van der Waals surface area (Å²) in [7, 11) is 2.08. The normalized spacial score (nSPS) is 11.5. The molecule has 0 unspecified atom stereocenters. The van der Waals surface area contributed by atoms with Gasteiger partial charge in [-0.25, -0.2) is 12.8 Å². The van der Waals surface area contributed by atoms with Gasteiger partial charge >= 0.3 is 0 Å². The molecule has 0 aliphatic heterocycles. The first-order valence-corrected chi connectivity index (χ1v) is 6.45. The molecule has 3 nitrogen and oxygen atoms in total. The number of hydrogen-bond donors (Lipinski definition) is 0. The summed E-state index contributed by atoms with van der Waals surface area (Å²) in [4.78, 5) is -0.725. The molecule has 0 aliphatic carbocycles. The SMILES string of the molecule is COc1c(C)cc(Cl)c(F)c1S(=O)(=O)Cl. The van der Waals surface area contributed by atoms with Crippen molar-refractivity contribution in [3.05, 3.63) is 22.5 Å². The van der Waals surface area contributed by atoms with Crippen LogP contribution >= 0.6 is 22.3 Å². The van der Waals surface area contributed by atoms with E-state index >= 15 is 0 Å². The van der Waals surface area contributed by atoms with Gasteiger partial charge in [0.1, 0.15) is 5.75 Å². The molecule has 0 fully saturated rings. The first-order chi connectivity index (χ1) is 6.79. The van der Waals surface area contributed by atoms with E-state index in [1.165, 1.54) is 20.1 Å². The number of ether oxygens (including phenoxy) is 1. The van der Waals surface area contributed by atoms with Gasteiger partial charge < -0.3 is 4.74 Å². The van der Waals surface area contributed by atoms with Crippen LogP contribution in [-0.2, 0) is 9.05 Å². The van der Waals surface area contributed by atoms with E-state index < -0.39 is 19.8 Å². The molecule has 0 radical (unpaired) electrons. The zero-order valence-electron chi connectivity index (χ0n) is 7.84. The lowest BCUT2D eigenvalue weighted by Gasteiger charge is -2.10. The third-order valence-electron chi connectivity index (χ3n) is 1.76. The minimum Gasteiger partial charge on any atom is -0.495 e. The highest BCUT2D eigenvalue weighted by atomic mass is 35.7. The fourth-order valence-corrected chi connectivity index (χ4v) is 2.70. The Morgan fingerprint density at radius 2 is 2.00 bits per heavy atom. The minimum atomic E-state index is -4.23. The molecule has 0 saturated carbocycles. The van der Waals surface area contributed by atoms with E-state index in [9.17, 15) is 12.8 Å². The molecule has 0 bridgehead atoms. The zero-order valence-corrected chi connectivity index (χ0v) is 10.2. The van der Waals surface area contributed by atoms with Crippen molar-refractivity contribution in [1.29, 1.82) is 0 Å². The minimum absolute atomic E-state index is 0.132. The number of methoxy groups -OCH3 is 1. The Bertz CT molecular complexity index is 499. The summed E-state index contributed by atoms with van der Waals surface area (Å²) in [5.41, 5.74) is 0.392. The van der Waals surface area contributed by atoms with Crippen LogP contribution in [0.2, 0.25) is 5.02 Å². The van der Waals surface area contributed by atoms with Crippen LogP contribution in [-0.4, -0.2) is 15.5 Å². The zero-order chi connectivity index (χ0) is 11.8. The molecule has 7 heteroatoms. The molecule has 84 valence electrons. The Kier molecular flexibility index (Phi) is 3.48. The largest absolute Gasteiger partial charge is 0.495 e. The molecule has 1 aromatic rings. The van der Waals surface area contributed by atoms with Crippen molar-refractivity contribution in [3.8, 4) is 5.75 Å². The lowest BCUT2D eigenvalue weighted by molar-refractivity contribution is 0.392. The topological polar surface area (TPSA) is 43.4 Å². The Labute approximate surface area is 96.2 Å². The summed E-state index contributed by atoms with van der Waals surface area (Å²) in [5.74, 6) is -1.24. The van der Waals surface area contributed by atoms with Crippen LogP contribution < -0.4 is 4.74 Å². The Hall–Kier alpha value is -0.520. The first kappa shape index (κ1) is 12.5. The molecular weight excluding hydrogens is 266 g/mol. The molecule has 0 spiro atoms. The van der Waals surface area contributed by atoms with E-state index in [1.807, 2.05) is 0 Å². The second-order valence-corrected chi connectivity index (χ2v) is 5.70. The average Bonchev–Trinajstić information content (AvgIpc) is 2.08. The molecule has 0 aliphatic rings. The van der Waals surface area contributed by atoms with Crippen molar-refractivity contribution in [3.63, 3.8) is 0 Å². The molecule has 0 amide bonds. The van der Waals surface area contributed by atoms with Gasteiger partial charge in [0.05, 0.1) is 12.1 Å². The van der Waals surface area contributed by atoms with E-state index in [-0.39, 0.29) is 10.8 Å². The first-order valence-electron chi connectivity index (χ1n) is 3.76. The maximum Gasteiger partial charge on any atom is 0.267 e. The predicted molar refractivity (Wildman–Crippen MR) is 55.7 cm³/mol. The maximum absolute atomic E-state index is 13.4. The summed E-state index contributed by atoms with van der Waals surface area (Å²) in [6, 6.07) is 1.27. The van der Waals surface area contributed by atoms with Crippen LogP contribution in [0, 0.1) is 12.7 Å². The van der Waals surface area contributed by atoms with Crippen LogP contribution in [0.15, 0.2) is 11.0 Å². The predicted octanol–water partition coefficient (Wildman–Crippen LogP) is 2.72. The van der Waals surface area contributed by atoms with Gasteiger partial charge in [0.15, 0.2) is 10.7 Å². The molecule has 1 aromatic carbocycles. The highest BCUT2D eigenvalue weighted by Gasteiger charge is 2.26. The summed E-state index contributed by atoms with van der Waals surface area (Å²) in [6.07, 6.45) is 0. The molecule has 0 atom stereocenters. The van der Waals surface area contributed by atoms with Gasteiger partial charge in [0.25, 0.3) is 9.05 Å². The fourth-order valence-electron chi connectivity index (χ4n) is 1.18. The molecule has 0 aromatic heterocycles. The number of aryl methyl sites for hydroxylation is 1. The lowest BCUT2D eigenvalue weighted by Crippen LogP contribution is -2.02. The van der Waals surface area contributed by atoms with E-state index in [0.717, 1.165) is 0 Å². The highest BCUT2D eigenvalue weighted by Crippen LogP contribution is 2.36. The van der Waals surface area contributed by atoms with Gasteiger partial charge in [-0.15, -0.1) is 0 Å². The van der Waals surface area contributed by atoms with Gasteiger partial charge in [-0.1, -0.05) is 11.6 Å². The van der Waals surface area contributed by atoms with Gasteiger partial charge in [0.2, 0.25) is 0 Å². The second kappa shape index (κ2) is 4.15. The van der Waals surface area contributed by atoms with E-state index in [4.69, 9.17) is 27.0 Å². The summed E-state index contributed by atoms with van der Waals surface area (Å²) >= 11 is 5.50. The van der Waals surface area contributed by atoms with Gasteiger partial charge in [-0.3, -0.25) is 0 Å². The van der Waals surface area contributed by atoms with E-state index in [1.54, 1.807) is 0 Å². The van der Waals surface area contributed by atoms with Crippen LogP contribution in [0.3, 0.4) is 0 Å². The summed E-state index contributed by atoms with van der Waals surface area (Å²) in [5, 5.41) is -0.312. The maximum atomic E-state index is 13.4. The fraction of sp³-hybridized carbons (Fsp3) is 0.250. The molecule has 0 saturated heterocycles. The smallest absolute Gasteiger partial charge is 0.267 e. The molecule has 1 rings (SSSR count). The average molecular weight is 273 g/mol. The van der Waals surface area contributed by atoms with Crippen LogP contribution in [0.1, 0.15) is 5.56 Å². The Morgan fingerprint density at radius 3 is 2.40 bits per heavy atom. The van der Waals surface area contributed by atoms with Crippen molar-refractivity contribution in [2.24, 2.45) is 0 Å². The van der Waals surface area contributed by atoms with Gasteiger partial charge in [-0.2, -0.15) is 0 Å². The van der Waals surface area contributed by atoms with Crippen molar-refractivity contribution in [1.82, 2.24) is 0 Å². The molecule has 15 heavy (non-hydrogen) atoms. The lowest BCUT2D eigenvalue weighted by atomic mass is 10.2. The molecule has 0 heterocycles. The quantitative estimate of drug-likeness (QED) is 0.778. The third kappa shape index (κ3) is 2.35. The van der Waals surface area contributed by atoms with Crippen molar-refractivity contribution in [2.75, 3.05) is 7.11 Å². The number of benzene rings is 1. The second-order valence-electron chi connectivity index (χ2n) is 2.79. The van der Waals surface area contributed by atoms with Crippen LogP contribution in [0.4, 0.5) is 4.39 Å². The van der Waals surface area contributed by atoms with Gasteiger partial charge in [-0.05, 0) is 18.6 Å². The van der Waals surface area contributed by atoms with Crippen molar-refractivity contribution in [2.45, 2.75) is 11.8 Å². The molecular formula is C8H7Cl2FO3S. The third-order valence-corrected chi connectivity index (χ3v) is 3.35. The summed E-state index contributed by atoms with van der Waals surface area (Å²) in [6.45, 7) is 1.54. The standard InChI is InChI=1S/C8H7Cl2FO3S/c1-4-3-5(9)6(11)8(7(4)14-2)15(10,12)13/h3H,1-2H3. The Balaban J connectivity index is 3.74.